The predicted octanol–water partition coefficient (Wildman–Crippen LogP) is 2.65. The first-order chi connectivity index (χ1) is 9.60. The van der Waals surface area contributed by atoms with Gasteiger partial charge in [-0.05, 0) is 50.9 Å². The van der Waals surface area contributed by atoms with Gasteiger partial charge in [0.2, 0.25) is 5.88 Å². The molecule has 4 atom stereocenters. The summed E-state index contributed by atoms with van der Waals surface area (Å²) < 4.78 is 7.29. The Morgan fingerprint density at radius 2 is 2.20 bits per heavy atom. The van der Waals surface area contributed by atoms with Crippen LogP contribution in [0.1, 0.15) is 43.9 Å². The summed E-state index contributed by atoms with van der Waals surface area (Å²) in [6.07, 6.45) is 5.84. The minimum Gasteiger partial charge on any atom is -0.481 e. The van der Waals surface area contributed by atoms with Crippen molar-refractivity contribution < 1.29 is 4.74 Å². The van der Waals surface area contributed by atoms with Gasteiger partial charge in [0.05, 0.1) is 18.4 Å². The molecule has 1 aromatic heterocycles. The molecule has 0 aliphatic heterocycles. The van der Waals surface area contributed by atoms with E-state index in [2.05, 4.69) is 24.3 Å². The zero-order chi connectivity index (χ0) is 14.3. The zero-order valence-corrected chi connectivity index (χ0v) is 13.1. The van der Waals surface area contributed by atoms with Gasteiger partial charge in [0, 0.05) is 19.6 Å². The minimum atomic E-state index is 0.592. The van der Waals surface area contributed by atoms with Crippen molar-refractivity contribution in [3.63, 3.8) is 0 Å². The molecular formula is C16H27N3O. The van der Waals surface area contributed by atoms with Crippen molar-refractivity contribution in [3.05, 3.63) is 11.3 Å². The first-order valence-corrected chi connectivity index (χ1v) is 7.90. The van der Waals surface area contributed by atoms with Crippen LogP contribution in [0.2, 0.25) is 0 Å². The number of ether oxygens (including phenoxy) is 1. The molecule has 4 nitrogen and oxygen atoms in total. The molecule has 0 spiro atoms. The van der Waals surface area contributed by atoms with E-state index in [1.54, 1.807) is 7.11 Å². The molecule has 0 radical (unpaired) electrons. The van der Waals surface area contributed by atoms with Crippen molar-refractivity contribution in [3.8, 4) is 5.88 Å². The highest BCUT2D eigenvalue weighted by atomic mass is 16.5. The minimum absolute atomic E-state index is 0.592. The van der Waals surface area contributed by atoms with E-state index in [9.17, 15) is 0 Å². The largest absolute Gasteiger partial charge is 0.481 e. The Balaban J connectivity index is 1.62. The lowest BCUT2D eigenvalue weighted by Crippen LogP contribution is -2.36. The van der Waals surface area contributed by atoms with Crippen molar-refractivity contribution in [1.82, 2.24) is 15.1 Å². The molecule has 0 amide bonds. The molecule has 20 heavy (non-hydrogen) atoms. The van der Waals surface area contributed by atoms with Crippen LogP contribution in [0, 0.1) is 24.7 Å². The summed E-state index contributed by atoms with van der Waals surface area (Å²) >= 11 is 0. The molecule has 3 rings (SSSR count). The van der Waals surface area contributed by atoms with Crippen LogP contribution >= 0.6 is 0 Å². The molecular weight excluding hydrogens is 250 g/mol. The monoisotopic (exact) mass is 277 g/mol. The third kappa shape index (κ3) is 2.34. The van der Waals surface area contributed by atoms with Gasteiger partial charge in [-0.1, -0.05) is 6.42 Å². The van der Waals surface area contributed by atoms with E-state index in [-0.39, 0.29) is 0 Å². The Morgan fingerprint density at radius 3 is 2.80 bits per heavy atom. The van der Waals surface area contributed by atoms with Crippen molar-refractivity contribution in [2.75, 3.05) is 7.11 Å². The van der Waals surface area contributed by atoms with Gasteiger partial charge in [-0.25, -0.2) is 4.68 Å². The fraction of sp³-hybridized carbons (Fsp3) is 0.812. The highest BCUT2D eigenvalue weighted by Crippen LogP contribution is 2.49. The van der Waals surface area contributed by atoms with Gasteiger partial charge in [0.25, 0.3) is 0 Å². The number of rotatable bonds is 5. The quantitative estimate of drug-likeness (QED) is 0.899. The van der Waals surface area contributed by atoms with Crippen LogP contribution in [0.5, 0.6) is 5.88 Å². The molecule has 112 valence electrons. The molecule has 1 N–H and O–H groups in total. The highest BCUT2D eigenvalue weighted by molar-refractivity contribution is 5.30. The van der Waals surface area contributed by atoms with Crippen LogP contribution < -0.4 is 10.1 Å². The molecule has 1 heterocycles. The van der Waals surface area contributed by atoms with E-state index < -0.39 is 0 Å². The highest BCUT2D eigenvalue weighted by Gasteiger charge is 2.41. The molecule has 2 fully saturated rings. The number of fused-ring (bicyclic) bond motifs is 2. The van der Waals surface area contributed by atoms with Gasteiger partial charge >= 0.3 is 0 Å². The maximum atomic E-state index is 5.46. The summed E-state index contributed by atoms with van der Waals surface area (Å²) in [6.45, 7) is 5.27. The van der Waals surface area contributed by atoms with E-state index in [1.807, 2.05) is 11.7 Å². The van der Waals surface area contributed by atoms with Gasteiger partial charge in [-0.15, -0.1) is 0 Å². The number of methoxy groups -OCH3 is 1. The number of nitrogens with zero attached hydrogens (tertiary/aromatic N) is 2. The summed E-state index contributed by atoms with van der Waals surface area (Å²) in [5.74, 6) is 3.75. The lowest BCUT2D eigenvalue weighted by molar-refractivity contribution is 0.258. The van der Waals surface area contributed by atoms with Crippen LogP contribution in [0.25, 0.3) is 0 Å². The first-order valence-electron chi connectivity index (χ1n) is 7.90. The lowest BCUT2D eigenvalue weighted by atomic mass is 9.84. The third-order valence-electron chi connectivity index (χ3n) is 5.52. The molecule has 1 aromatic rings. The molecule has 4 heteroatoms. The fourth-order valence-corrected chi connectivity index (χ4v) is 4.46. The Labute approximate surface area is 121 Å². The van der Waals surface area contributed by atoms with Gasteiger partial charge in [0.15, 0.2) is 0 Å². The molecule has 2 bridgehead atoms. The van der Waals surface area contributed by atoms with Gasteiger partial charge in [0.1, 0.15) is 0 Å². The van der Waals surface area contributed by atoms with Crippen molar-refractivity contribution >= 4 is 0 Å². The Kier molecular flexibility index (Phi) is 3.76. The Hall–Kier alpha value is -1.03. The van der Waals surface area contributed by atoms with Crippen LogP contribution in [-0.2, 0) is 13.6 Å². The second-order valence-electron chi connectivity index (χ2n) is 6.71. The third-order valence-corrected chi connectivity index (χ3v) is 5.52. The lowest BCUT2D eigenvalue weighted by Gasteiger charge is -2.28. The van der Waals surface area contributed by atoms with Crippen LogP contribution in [-0.4, -0.2) is 22.9 Å². The van der Waals surface area contributed by atoms with E-state index in [1.165, 1.54) is 31.2 Å². The van der Waals surface area contributed by atoms with Crippen LogP contribution in [0.4, 0.5) is 0 Å². The number of aryl methyl sites for hydroxylation is 2. The summed E-state index contributed by atoms with van der Waals surface area (Å²) in [6, 6.07) is 0.592. The smallest absolute Gasteiger partial charge is 0.216 e. The van der Waals surface area contributed by atoms with Gasteiger partial charge in [-0.3, -0.25) is 0 Å². The van der Waals surface area contributed by atoms with Crippen molar-refractivity contribution in [2.24, 2.45) is 24.8 Å². The first kappa shape index (κ1) is 13.9. The number of aromatic nitrogens is 2. The summed E-state index contributed by atoms with van der Waals surface area (Å²) in [5, 5.41) is 8.17. The topological polar surface area (TPSA) is 39.1 Å². The van der Waals surface area contributed by atoms with Crippen LogP contribution in [0.3, 0.4) is 0 Å². The SMILES string of the molecule is COc1c(CNC(C)C2CC3CCC2C3)c(C)nn1C. The molecule has 2 aliphatic rings. The second kappa shape index (κ2) is 5.40. The summed E-state index contributed by atoms with van der Waals surface area (Å²) in [7, 11) is 3.66. The normalized spacial score (nSPS) is 29.9. The number of nitrogens with one attached hydrogen (secondary N) is 1. The average molecular weight is 277 g/mol. The molecule has 2 aliphatic carbocycles. The molecule has 0 saturated heterocycles. The molecule has 4 unspecified atom stereocenters. The van der Waals surface area contributed by atoms with E-state index >= 15 is 0 Å². The Bertz CT molecular complexity index is 482. The number of hydrogen-bond donors (Lipinski definition) is 1. The number of hydrogen-bond acceptors (Lipinski definition) is 3. The zero-order valence-electron chi connectivity index (χ0n) is 13.1. The molecule has 0 aromatic carbocycles. The van der Waals surface area contributed by atoms with E-state index in [0.717, 1.165) is 35.9 Å². The summed E-state index contributed by atoms with van der Waals surface area (Å²) in [5.41, 5.74) is 2.27. The van der Waals surface area contributed by atoms with Crippen molar-refractivity contribution in [1.29, 1.82) is 0 Å². The second-order valence-corrected chi connectivity index (χ2v) is 6.71. The maximum Gasteiger partial charge on any atom is 0.216 e. The van der Waals surface area contributed by atoms with Crippen LogP contribution in [0.15, 0.2) is 0 Å². The van der Waals surface area contributed by atoms with Gasteiger partial charge in [-0.2, -0.15) is 5.10 Å². The Morgan fingerprint density at radius 1 is 1.40 bits per heavy atom. The summed E-state index contributed by atoms with van der Waals surface area (Å²) in [4.78, 5) is 0. The fourth-order valence-electron chi connectivity index (χ4n) is 4.46. The average Bonchev–Trinajstić information content (AvgIpc) is 3.10. The van der Waals surface area contributed by atoms with E-state index in [4.69, 9.17) is 4.74 Å². The van der Waals surface area contributed by atoms with Gasteiger partial charge < -0.3 is 10.1 Å². The maximum absolute atomic E-state index is 5.46. The van der Waals surface area contributed by atoms with Crippen molar-refractivity contribution in [2.45, 2.75) is 52.1 Å². The molecule has 2 saturated carbocycles. The standard InChI is InChI=1S/C16H27N3O/c1-10(14-8-12-5-6-13(14)7-12)17-9-15-11(2)18-19(3)16(15)20-4/h10,12-14,17H,5-9H2,1-4H3. The van der Waals surface area contributed by atoms with E-state index in [0.29, 0.717) is 6.04 Å². The predicted molar refractivity (Wildman–Crippen MR) is 79.7 cm³/mol.